The second-order valence-corrected chi connectivity index (χ2v) is 8.04. The molecule has 0 bridgehead atoms. The van der Waals surface area contributed by atoms with Gasteiger partial charge in [0.05, 0.1) is 4.70 Å². The minimum atomic E-state index is -0.587. The number of rotatable bonds is 3. The maximum absolute atomic E-state index is 12.9. The van der Waals surface area contributed by atoms with Gasteiger partial charge in [0.2, 0.25) is 5.76 Å². The maximum atomic E-state index is 12.9. The van der Waals surface area contributed by atoms with Crippen molar-refractivity contribution in [1.82, 2.24) is 0 Å². The number of hydrogen-bond donors (Lipinski definition) is 0. The highest BCUT2D eigenvalue weighted by Gasteiger charge is 2.21. The Balaban J connectivity index is 1.58. The fourth-order valence-corrected chi connectivity index (χ4v) is 4.25. The molecule has 2 aromatic heterocycles. The van der Waals surface area contributed by atoms with Gasteiger partial charge in [-0.2, -0.15) is 0 Å². The quantitative estimate of drug-likeness (QED) is 0.262. The van der Waals surface area contributed by atoms with E-state index in [0.717, 1.165) is 33.4 Å². The lowest BCUT2D eigenvalue weighted by atomic mass is 10.0. The SMILES string of the molecule is Cc1ccc2oc(C(=O)Oc3cc(-c4ccccc4)c4oc(=O)sc4c3)c(C)c2c1. The predicted octanol–water partition coefficient (Wildman–Crippen LogP) is 6.10. The summed E-state index contributed by atoms with van der Waals surface area (Å²) in [6.07, 6.45) is 0. The van der Waals surface area contributed by atoms with Crippen molar-refractivity contribution in [3.05, 3.63) is 87.3 Å². The van der Waals surface area contributed by atoms with Crippen LogP contribution in [0.5, 0.6) is 5.75 Å². The third-order valence-electron chi connectivity index (χ3n) is 4.98. The maximum Gasteiger partial charge on any atom is 0.396 e. The molecule has 0 saturated carbocycles. The molecule has 0 aliphatic heterocycles. The molecule has 0 saturated heterocycles. The Kier molecular flexibility index (Phi) is 4.29. The number of furan rings is 1. The average molecular weight is 416 g/mol. The van der Waals surface area contributed by atoms with Crippen LogP contribution < -0.4 is 9.68 Å². The third kappa shape index (κ3) is 3.11. The first kappa shape index (κ1) is 18.4. The van der Waals surface area contributed by atoms with E-state index in [1.54, 1.807) is 12.1 Å². The molecule has 3 aromatic carbocycles. The summed E-state index contributed by atoms with van der Waals surface area (Å²) in [7, 11) is 0. The number of ether oxygens (including phenoxy) is 1. The highest BCUT2D eigenvalue weighted by molar-refractivity contribution is 7.16. The molecule has 5 aromatic rings. The number of fused-ring (bicyclic) bond motifs is 2. The number of aryl methyl sites for hydroxylation is 2. The summed E-state index contributed by atoms with van der Waals surface area (Å²) in [5.41, 5.74) is 4.48. The zero-order valence-electron chi connectivity index (χ0n) is 16.2. The van der Waals surface area contributed by atoms with Crippen molar-refractivity contribution in [1.29, 1.82) is 0 Å². The summed E-state index contributed by atoms with van der Waals surface area (Å²) in [5.74, 6) is -0.104. The molecule has 0 unspecified atom stereocenters. The topological polar surface area (TPSA) is 69.7 Å². The van der Waals surface area contributed by atoms with Crippen molar-refractivity contribution in [2.75, 3.05) is 0 Å². The fourth-order valence-electron chi connectivity index (χ4n) is 3.53. The molecule has 0 N–H and O–H groups in total. The van der Waals surface area contributed by atoms with E-state index in [4.69, 9.17) is 13.6 Å². The van der Waals surface area contributed by atoms with Crippen LogP contribution in [-0.4, -0.2) is 5.97 Å². The van der Waals surface area contributed by atoms with Crippen LogP contribution in [-0.2, 0) is 0 Å². The molecule has 0 spiro atoms. The number of carbonyl (C=O) groups excluding carboxylic acids is 1. The minimum absolute atomic E-state index is 0.164. The molecule has 0 fully saturated rings. The Hall–Kier alpha value is -3.64. The smallest absolute Gasteiger partial charge is 0.396 e. The molecule has 0 amide bonds. The van der Waals surface area contributed by atoms with Crippen molar-refractivity contribution in [3.63, 3.8) is 0 Å². The second-order valence-electron chi connectivity index (χ2n) is 7.06. The van der Waals surface area contributed by atoms with Crippen molar-refractivity contribution in [2.45, 2.75) is 13.8 Å². The van der Waals surface area contributed by atoms with Gasteiger partial charge < -0.3 is 13.6 Å². The molecule has 30 heavy (non-hydrogen) atoms. The van der Waals surface area contributed by atoms with Gasteiger partial charge in [0.15, 0.2) is 5.58 Å². The Morgan fingerprint density at radius 2 is 1.77 bits per heavy atom. The first-order chi connectivity index (χ1) is 14.5. The summed E-state index contributed by atoms with van der Waals surface area (Å²) in [4.78, 5) is 24.3. The largest absolute Gasteiger partial charge is 0.449 e. The van der Waals surface area contributed by atoms with Gasteiger partial charge in [-0.3, -0.25) is 0 Å². The third-order valence-corrected chi connectivity index (χ3v) is 5.75. The van der Waals surface area contributed by atoms with Gasteiger partial charge in [-0.1, -0.05) is 53.3 Å². The van der Waals surface area contributed by atoms with E-state index in [1.807, 2.05) is 62.4 Å². The summed E-state index contributed by atoms with van der Waals surface area (Å²) >= 11 is 0.970. The monoisotopic (exact) mass is 416 g/mol. The van der Waals surface area contributed by atoms with Crippen molar-refractivity contribution in [3.8, 4) is 16.9 Å². The lowest BCUT2D eigenvalue weighted by molar-refractivity contribution is 0.0703. The molecule has 2 heterocycles. The van der Waals surface area contributed by atoms with E-state index >= 15 is 0 Å². The van der Waals surface area contributed by atoms with E-state index < -0.39 is 10.9 Å². The van der Waals surface area contributed by atoms with Gasteiger partial charge in [0, 0.05) is 22.6 Å². The van der Waals surface area contributed by atoms with Gasteiger partial charge in [-0.15, -0.1) is 0 Å². The van der Waals surface area contributed by atoms with E-state index in [-0.39, 0.29) is 5.76 Å². The second kappa shape index (κ2) is 7.00. The molecule has 0 atom stereocenters. The predicted molar refractivity (Wildman–Crippen MR) is 116 cm³/mol. The standard InChI is InChI=1S/C24H16O5S/c1-13-8-9-19-17(10-13)14(2)21(28-19)23(25)27-16-11-18(15-6-4-3-5-7-15)22-20(12-16)30-24(26)29-22/h3-12H,1-2H3. The lowest BCUT2D eigenvalue weighted by Gasteiger charge is -2.07. The molecule has 6 heteroatoms. The number of benzene rings is 3. The highest BCUT2D eigenvalue weighted by Crippen LogP contribution is 2.35. The molecular weight excluding hydrogens is 400 g/mol. The first-order valence-electron chi connectivity index (χ1n) is 9.34. The van der Waals surface area contributed by atoms with E-state index in [0.29, 0.717) is 27.2 Å². The van der Waals surface area contributed by atoms with Crippen LogP contribution in [0.15, 0.2) is 74.3 Å². The van der Waals surface area contributed by atoms with E-state index in [1.165, 1.54) is 0 Å². The zero-order chi connectivity index (χ0) is 20.8. The first-order valence-corrected chi connectivity index (χ1v) is 10.2. The van der Waals surface area contributed by atoms with Crippen LogP contribution in [0.4, 0.5) is 0 Å². The Morgan fingerprint density at radius 3 is 2.57 bits per heavy atom. The Morgan fingerprint density at radius 1 is 0.967 bits per heavy atom. The number of hydrogen-bond acceptors (Lipinski definition) is 6. The average Bonchev–Trinajstić information content (AvgIpc) is 3.27. The van der Waals surface area contributed by atoms with Crippen molar-refractivity contribution in [2.24, 2.45) is 0 Å². The van der Waals surface area contributed by atoms with Gasteiger partial charge in [0.25, 0.3) is 0 Å². The number of esters is 1. The minimum Gasteiger partial charge on any atom is -0.449 e. The molecular formula is C24H16O5S. The molecule has 148 valence electrons. The summed E-state index contributed by atoms with van der Waals surface area (Å²) < 4.78 is 17.4. The van der Waals surface area contributed by atoms with E-state index in [9.17, 15) is 9.59 Å². The van der Waals surface area contributed by atoms with Crippen LogP contribution in [0.3, 0.4) is 0 Å². The molecule has 0 aliphatic carbocycles. The Bertz CT molecular complexity index is 1470. The number of carbonyl (C=O) groups is 1. The fraction of sp³-hybridized carbons (Fsp3) is 0.0833. The summed E-state index contributed by atoms with van der Waals surface area (Å²) in [6.45, 7) is 3.82. The zero-order valence-corrected chi connectivity index (χ0v) is 17.0. The Labute approximate surface area is 175 Å². The van der Waals surface area contributed by atoms with Crippen LogP contribution >= 0.6 is 11.3 Å². The van der Waals surface area contributed by atoms with Crippen LogP contribution in [0.1, 0.15) is 21.7 Å². The van der Waals surface area contributed by atoms with Crippen molar-refractivity contribution < 1.29 is 18.4 Å². The van der Waals surface area contributed by atoms with Gasteiger partial charge in [-0.25, -0.2) is 9.59 Å². The normalized spacial score (nSPS) is 11.3. The molecule has 5 nitrogen and oxygen atoms in total. The van der Waals surface area contributed by atoms with E-state index in [2.05, 4.69) is 0 Å². The highest BCUT2D eigenvalue weighted by atomic mass is 32.1. The van der Waals surface area contributed by atoms with Gasteiger partial charge >= 0.3 is 10.9 Å². The van der Waals surface area contributed by atoms with Crippen LogP contribution in [0, 0.1) is 13.8 Å². The van der Waals surface area contributed by atoms with Gasteiger partial charge in [0.1, 0.15) is 11.3 Å². The summed E-state index contributed by atoms with van der Waals surface area (Å²) in [6, 6.07) is 18.6. The summed E-state index contributed by atoms with van der Waals surface area (Å²) in [5, 5.41) is 0.885. The molecule has 0 aliphatic rings. The van der Waals surface area contributed by atoms with Crippen LogP contribution in [0.25, 0.3) is 32.4 Å². The molecule has 0 radical (unpaired) electrons. The lowest BCUT2D eigenvalue weighted by Crippen LogP contribution is -2.08. The van der Waals surface area contributed by atoms with Crippen molar-refractivity contribution >= 4 is 38.6 Å². The van der Waals surface area contributed by atoms with Crippen LogP contribution in [0.2, 0.25) is 0 Å². The van der Waals surface area contributed by atoms with Gasteiger partial charge in [-0.05, 0) is 37.6 Å². The molecule has 5 rings (SSSR count).